The topological polar surface area (TPSA) is 35.2 Å². The Labute approximate surface area is 98.5 Å². The smallest absolute Gasteiger partial charge is 0.330 e. The van der Waals surface area contributed by atoms with Crippen molar-refractivity contribution >= 4 is 0 Å². The molecule has 1 rings (SSSR count). The molecule has 2 N–H and O–H groups in total. The van der Waals surface area contributed by atoms with Crippen LogP contribution in [0.25, 0.3) is 0 Å². The number of nitrogens with two attached hydrogens (primary N) is 1. The van der Waals surface area contributed by atoms with E-state index in [1.807, 2.05) is 0 Å². The van der Waals surface area contributed by atoms with Crippen LogP contribution < -0.4 is 5.73 Å². The molecule has 2 unspecified atom stereocenters. The number of rotatable bonds is 4. The summed E-state index contributed by atoms with van der Waals surface area (Å²) in [5, 5.41) is 0. The molecule has 17 heavy (non-hydrogen) atoms. The Balaban J connectivity index is 2.42. The summed E-state index contributed by atoms with van der Waals surface area (Å²) in [5.41, 5.74) is 5.80. The number of alkyl halides is 4. The zero-order valence-corrected chi connectivity index (χ0v) is 9.68. The summed E-state index contributed by atoms with van der Waals surface area (Å²) in [6.07, 6.45) is 0.925. The minimum Gasteiger partial charge on any atom is -0.370 e. The molecule has 0 radical (unpaired) electrons. The molecule has 1 saturated carbocycles. The second kappa shape index (κ2) is 6.54. The van der Waals surface area contributed by atoms with Crippen molar-refractivity contribution in [3.05, 3.63) is 0 Å². The molecule has 0 aromatic heterocycles. The Morgan fingerprint density at radius 2 is 1.71 bits per heavy atom. The van der Waals surface area contributed by atoms with E-state index in [-0.39, 0.29) is 6.04 Å². The van der Waals surface area contributed by atoms with Gasteiger partial charge in [0.05, 0.1) is 6.10 Å². The van der Waals surface area contributed by atoms with Gasteiger partial charge in [0, 0.05) is 6.04 Å². The quantitative estimate of drug-likeness (QED) is 0.786. The average Bonchev–Trinajstić information content (AvgIpc) is 2.23. The Kier molecular flexibility index (Phi) is 5.66. The lowest BCUT2D eigenvalue weighted by molar-refractivity contribution is -0.179. The number of hydrogen-bond donors (Lipinski definition) is 1. The molecular formula is C11H19F4NO. The largest absolute Gasteiger partial charge is 0.370 e. The molecule has 0 heterocycles. The summed E-state index contributed by atoms with van der Waals surface area (Å²) in [5.74, 6) is -4.08. The lowest BCUT2D eigenvalue weighted by atomic mass is 9.95. The van der Waals surface area contributed by atoms with Crippen LogP contribution in [-0.4, -0.2) is 31.1 Å². The fraction of sp³-hybridized carbons (Fsp3) is 1.00. The first kappa shape index (κ1) is 14.7. The van der Waals surface area contributed by atoms with Gasteiger partial charge >= 0.3 is 12.3 Å². The van der Waals surface area contributed by atoms with E-state index < -0.39 is 25.1 Å². The third-order valence-corrected chi connectivity index (χ3v) is 3.06. The highest BCUT2D eigenvalue weighted by atomic mass is 19.3. The van der Waals surface area contributed by atoms with Crippen molar-refractivity contribution in [1.29, 1.82) is 0 Å². The molecule has 6 heteroatoms. The normalized spacial score (nSPS) is 27.9. The van der Waals surface area contributed by atoms with Crippen LogP contribution in [0.5, 0.6) is 0 Å². The lowest BCUT2D eigenvalue weighted by Crippen LogP contribution is -2.42. The maximum Gasteiger partial charge on any atom is 0.330 e. The zero-order chi connectivity index (χ0) is 12.9. The van der Waals surface area contributed by atoms with Gasteiger partial charge < -0.3 is 10.5 Å². The molecule has 2 nitrogen and oxygen atoms in total. The van der Waals surface area contributed by atoms with Gasteiger partial charge in [-0.25, -0.2) is 8.78 Å². The van der Waals surface area contributed by atoms with Crippen molar-refractivity contribution in [3.8, 4) is 0 Å². The van der Waals surface area contributed by atoms with Crippen molar-refractivity contribution in [2.75, 3.05) is 6.61 Å². The monoisotopic (exact) mass is 257 g/mol. The van der Waals surface area contributed by atoms with E-state index in [4.69, 9.17) is 10.5 Å². The summed E-state index contributed by atoms with van der Waals surface area (Å²) in [6.45, 7) is -1.25. The molecule has 1 aliphatic carbocycles. The van der Waals surface area contributed by atoms with Crippen LogP contribution in [0.3, 0.4) is 0 Å². The third kappa shape index (κ3) is 4.79. The van der Waals surface area contributed by atoms with E-state index >= 15 is 0 Å². The van der Waals surface area contributed by atoms with Gasteiger partial charge in [-0.2, -0.15) is 8.78 Å². The molecule has 0 aromatic rings. The second-order valence-electron chi connectivity index (χ2n) is 4.57. The van der Waals surface area contributed by atoms with E-state index in [1.165, 1.54) is 0 Å². The summed E-state index contributed by atoms with van der Waals surface area (Å²) >= 11 is 0. The van der Waals surface area contributed by atoms with Crippen LogP contribution in [0.4, 0.5) is 17.6 Å². The van der Waals surface area contributed by atoms with Crippen molar-refractivity contribution < 1.29 is 22.3 Å². The Hall–Kier alpha value is -0.360. The first-order chi connectivity index (χ1) is 7.93. The van der Waals surface area contributed by atoms with Gasteiger partial charge in [-0.3, -0.25) is 0 Å². The van der Waals surface area contributed by atoms with Gasteiger partial charge in [0.25, 0.3) is 0 Å². The molecule has 102 valence electrons. The molecule has 0 spiro atoms. The molecule has 0 amide bonds. The van der Waals surface area contributed by atoms with Crippen LogP contribution >= 0.6 is 0 Å². The zero-order valence-electron chi connectivity index (χ0n) is 9.68. The van der Waals surface area contributed by atoms with Crippen LogP contribution in [0.2, 0.25) is 0 Å². The molecule has 0 aromatic carbocycles. The molecule has 0 saturated heterocycles. The molecule has 0 aliphatic heterocycles. The van der Waals surface area contributed by atoms with Crippen molar-refractivity contribution in [2.45, 2.75) is 63.0 Å². The van der Waals surface area contributed by atoms with Gasteiger partial charge in [0.1, 0.15) is 6.61 Å². The molecule has 0 bridgehead atoms. The van der Waals surface area contributed by atoms with Crippen LogP contribution in [0.1, 0.15) is 38.5 Å². The lowest BCUT2D eigenvalue weighted by Gasteiger charge is -2.28. The fourth-order valence-corrected chi connectivity index (χ4v) is 1.97. The summed E-state index contributed by atoms with van der Waals surface area (Å²) in [6, 6.07) is -0.330. The minimum atomic E-state index is -4.08. The van der Waals surface area contributed by atoms with Gasteiger partial charge in [-0.05, 0) is 12.8 Å². The molecular weight excluding hydrogens is 238 g/mol. The first-order valence-corrected chi connectivity index (χ1v) is 5.96. The van der Waals surface area contributed by atoms with Crippen molar-refractivity contribution in [1.82, 2.24) is 0 Å². The number of halogens is 4. The summed E-state index contributed by atoms with van der Waals surface area (Å²) in [4.78, 5) is 0. The Morgan fingerprint density at radius 1 is 1.12 bits per heavy atom. The number of hydrogen-bond acceptors (Lipinski definition) is 2. The van der Waals surface area contributed by atoms with Gasteiger partial charge in [0.15, 0.2) is 0 Å². The highest BCUT2D eigenvalue weighted by Gasteiger charge is 2.42. The fourth-order valence-electron chi connectivity index (χ4n) is 1.97. The van der Waals surface area contributed by atoms with E-state index in [0.717, 1.165) is 25.7 Å². The highest BCUT2D eigenvalue weighted by Crippen LogP contribution is 2.26. The molecule has 2 atom stereocenters. The Morgan fingerprint density at radius 3 is 2.29 bits per heavy atom. The molecule has 1 fully saturated rings. The minimum absolute atomic E-state index is 0.330. The third-order valence-electron chi connectivity index (χ3n) is 3.06. The van der Waals surface area contributed by atoms with E-state index in [0.29, 0.717) is 12.8 Å². The summed E-state index contributed by atoms with van der Waals surface area (Å²) < 4.78 is 54.2. The van der Waals surface area contributed by atoms with Gasteiger partial charge in [-0.15, -0.1) is 0 Å². The van der Waals surface area contributed by atoms with Gasteiger partial charge in [0.2, 0.25) is 0 Å². The standard InChI is InChI=1S/C11H19F4NO/c12-10(13)11(14,15)7-17-9-6-4-2-1-3-5-8(9)16/h8-10H,1-7,16H2. The van der Waals surface area contributed by atoms with E-state index in [9.17, 15) is 17.6 Å². The Bertz CT molecular complexity index is 226. The predicted molar refractivity (Wildman–Crippen MR) is 56.4 cm³/mol. The van der Waals surface area contributed by atoms with Crippen LogP contribution in [0, 0.1) is 0 Å². The summed E-state index contributed by atoms with van der Waals surface area (Å²) in [7, 11) is 0. The van der Waals surface area contributed by atoms with Crippen LogP contribution in [-0.2, 0) is 4.74 Å². The predicted octanol–water partition coefficient (Wildman–Crippen LogP) is 2.95. The van der Waals surface area contributed by atoms with E-state index in [1.54, 1.807) is 0 Å². The maximum atomic E-state index is 12.7. The highest BCUT2D eigenvalue weighted by molar-refractivity contribution is 4.78. The van der Waals surface area contributed by atoms with Crippen molar-refractivity contribution in [3.63, 3.8) is 0 Å². The SMILES string of the molecule is NC1CCCCCCC1OCC(F)(F)C(F)F. The maximum absolute atomic E-state index is 12.7. The average molecular weight is 257 g/mol. The van der Waals surface area contributed by atoms with E-state index in [2.05, 4.69) is 0 Å². The van der Waals surface area contributed by atoms with Crippen LogP contribution in [0.15, 0.2) is 0 Å². The molecule has 1 aliphatic rings. The first-order valence-electron chi connectivity index (χ1n) is 5.96. The number of ether oxygens (including phenoxy) is 1. The second-order valence-corrected chi connectivity index (χ2v) is 4.57. The van der Waals surface area contributed by atoms with Gasteiger partial charge in [-0.1, -0.05) is 25.7 Å². The van der Waals surface area contributed by atoms with Crippen molar-refractivity contribution in [2.24, 2.45) is 5.73 Å².